The van der Waals surface area contributed by atoms with E-state index in [0.29, 0.717) is 0 Å². The van der Waals surface area contributed by atoms with E-state index in [9.17, 15) is 18.8 Å². The third-order valence-corrected chi connectivity index (χ3v) is 4.69. The zero-order valence-electron chi connectivity index (χ0n) is 21.0. The molecule has 0 aliphatic rings. The monoisotopic (exact) mass is 512 g/mol. The number of rotatable bonds is 9. The molecule has 3 rings (SSSR count). The van der Waals surface area contributed by atoms with Crippen molar-refractivity contribution in [3.8, 4) is 11.8 Å². The van der Waals surface area contributed by atoms with Crippen molar-refractivity contribution in [3.05, 3.63) is 82.0 Å². The zero-order chi connectivity index (χ0) is 27.0. The number of halogens is 1. The van der Waals surface area contributed by atoms with Gasteiger partial charge in [0.25, 0.3) is 17.5 Å². The molecule has 0 fully saturated rings. The number of carbonyl (C=O) groups is 2. The molecule has 0 saturated heterocycles. The van der Waals surface area contributed by atoms with Crippen LogP contribution in [0.15, 0.2) is 59.5 Å². The standard InChI is InChI=1S/C26H29FN4O6/c1-16(29-25(34)37-26(2,3)4)14-36-24-28-13-20(23(33)31-24)30-22(32)18-10-11-21(19(27)12-18)35-15-17-8-6-5-7-9-17/h5-13,16H,14-15H2,1-4H3,(H,29,34)(H,30,32)(H,28,31,33)/t16-/m0/s1. The van der Waals surface area contributed by atoms with Gasteiger partial charge >= 0.3 is 6.09 Å². The van der Waals surface area contributed by atoms with E-state index in [1.54, 1.807) is 27.7 Å². The largest absolute Gasteiger partial charge is 0.486 e. The van der Waals surface area contributed by atoms with Crippen LogP contribution in [0, 0.1) is 5.82 Å². The predicted octanol–water partition coefficient (Wildman–Crippen LogP) is 4.03. The second-order valence-electron chi connectivity index (χ2n) is 9.16. The van der Waals surface area contributed by atoms with E-state index in [0.717, 1.165) is 17.8 Å². The number of aromatic nitrogens is 2. The number of nitrogens with zero attached hydrogens (tertiary/aromatic N) is 1. The molecule has 2 amide bonds. The van der Waals surface area contributed by atoms with Crippen molar-refractivity contribution in [2.24, 2.45) is 0 Å². The lowest BCUT2D eigenvalue weighted by atomic mass is 10.2. The van der Waals surface area contributed by atoms with Crippen molar-refractivity contribution in [1.82, 2.24) is 15.3 Å². The molecule has 10 nitrogen and oxygen atoms in total. The number of nitrogens with one attached hydrogen (secondary N) is 3. The number of alkyl carbamates (subject to hydrolysis) is 1. The minimum atomic E-state index is -0.714. The fraction of sp³-hybridized carbons (Fsp3) is 0.308. The van der Waals surface area contributed by atoms with Crippen LogP contribution in [-0.4, -0.2) is 40.2 Å². The van der Waals surface area contributed by atoms with Gasteiger partial charge in [-0.15, -0.1) is 0 Å². The van der Waals surface area contributed by atoms with E-state index in [2.05, 4.69) is 20.6 Å². The quantitative estimate of drug-likeness (QED) is 0.394. The molecule has 196 valence electrons. The number of carbonyl (C=O) groups excluding carboxylic acids is 2. The minimum Gasteiger partial charge on any atom is -0.486 e. The van der Waals surface area contributed by atoms with Gasteiger partial charge < -0.3 is 24.8 Å². The topological polar surface area (TPSA) is 132 Å². The second-order valence-corrected chi connectivity index (χ2v) is 9.16. The summed E-state index contributed by atoms with van der Waals surface area (Å²) >= 11 is 0. The molecule has 1 aromatic heterocycles. The second kappa shape index (κ2) is 12.0. The van der Waals surface area contributed by atoms with Crippen LogP contribution < -0.4 is 25.7 Å². The van der Waals surface area contributed by atoms with Gasteiger partial charge in [-0.3, -0.25) is 14.6 Å². The van der Waals surface area contributed by atoms with Crippen molar-refractivity contribution in [1.29, 1.82) is 0 Å². The lowest BCUT2D eigenvalue weighted by Gasteiger charge is -2.21. The highest BCUT2D eigenvalue weighted by Gasteiger charge is 2.18. The van der Waals surface area contributed by atoms with Gasteiger partial charge in [-0.2, -0.15) is 0 Å². The Labute approximate surface area is 213 Å². The number of ether oxygens (including phenoxy) is 3. The van der Waals surface area contributed by atoms with Crippen LogP contribution >= 0.6 is 0 Å². The van der Waals surface area contributed by atoms with E-state index < -0.39 is 35.0 Å². The fourth-order valence-electron chi connectivity index (χ4n) is 2.98. The van der Waals surface area contributed by atoms with Gasteiger partial charge in [-0.1, -0.05) is 30.3 Å². The van der Waals surface area contributed by atoms with Gasteiger partial charge in [0.05, 0.1) is 12.2 Å². The number of amides is 2. The number of H-pyrrole nitrogens is 1. The summed E-state index contributed by atoms with van der Waals surface area (Å²) in [6.07, 6.45) is 0.515. The molecule has 0 saturated carbocycles. The molecular weight excluding hydrogens is 483 g/mol. The van der Waals surface area contributed by atoms with Crippen molar-refractivity contribution in [2.75, 3.05) is 11.9 Å². The maximum Gasteiger partial charge on any atom is 0.407 e. The average molecular weight is 513 g/mol. The summed E-state index contributed by atoms with van der Waals surface area (Å²) < 4.78 is 30.5. The molecule has 0 unspecified atom stereocenters. The van der Waals surface area contributed by atoms with Crippen molar-refractivity contribution in [3.63, 3.8) is 0 Å². The first-order valence-electron chi connectivity index (χ1n) is 11.5. The summed E-state index contributed by atoms with van der Waals surface area (Å²) in [6, 6.07) is 12.5. The summed E-state index contributed by atoms with van der Waals surface area (Å²) in [5.74, 6) is -1.42. The van der Waals surface area contributed by atoms with Crippen molar-refractivity contribution < 1.29 is 28.2 Å². The molecule has 3 aromatic rings. The summed E-state index contributed by atoms with van der Waals surface area (Å²) in [4.78, 5) is 43.0. The van der Waals surface area contributed by atoms with Gasteiger partial charge in [-0.25, -0.2) is 14.2 Å². The van der Waals surface area contributed by atoms with Gasteiger partial charge in [0.15, 0.2) is 11.6 Å². The van der Waals surface area contributed by atoms with Crippen LogP contribution in [-0.2, 0) is 11.3 Å². The van der Waals surface area contributed by atoms with Crippen LogP contribution in [0.3, 0.4) is 0 Å². The summed E-state index contributed by atoms with van der Waals surface area (Å²) in [6.45, 7) is 7.11. The molecule has 0 bridgehead atoms. The highest BCUT2D eigenvalue weighted by atomic mass is 19.1. The smallest absolute Gasteiger partial charge is 0.407 e. The predicted molar refractivity (Wildman–Crippen MR) is 134 cm³/mol. The maximum absolute atomic E-state index is 14.5. The first kappa shape index (κ1) is 27.2. The number of aromatic amines is 1. The first-order chi connectivity index (χ1) is 17.5. The minimum absolute atomic E-state index is 0.00296. The fourth-order valence-corrected chi connectivity index (χ4v) is 2.98. The molecule has 0 spiro atoms. The molecular formula is C26H29FN4O6. The molecule has 0 aliphatic carbocycles. The molecule has 0 radical (unpaired) electrons. The Hall–Kier alpha value is -4.41. The highest BCUT2D eigenvalue weighted by molar-refractivity contribution is 6.04. The van der Waals surface area contributed by atoms with Gasteiger partial charge in [-0.05, 0) is 51.5 Å². The van der Waals surface area contributed by atoms with E-state index in [4.69, 9.17) is 14.2 Å². The third kappa shape index (κ3) is 8.64. The Bertz CT molecular complexity index is 1290. The SMILES string of the molecule is C[C@@H](COc1ncc(NC(=O)c2ccc(OCc3ccccc3)c(F)c2)c(=O)[nH]1)NC(=O)OC(C)(C)C. The van der Waals surface area contributed by atoms with Gasteiger partial charge in [0, 0.05) is 5.56 Å². The average Bonchev–Trinajstić information content (AvgIpc) is 2.82. The molecule has 3 N–H and O–H groups in total. The number of anilines is 1. The maximum atomic E-state index is 14.5. The Balaban J connectivity index is 1.54. The van der Waals surface area contributed by atoms with Crippen LogP contribution in [0.5, 0.6) is 11.8 Å². The Morgan fingerprint density at radius 3 is 2.49 bits per heavy atom. The number of hydrogen-bond donors (Lipinski definition) is 3. The van der Waals surface area contributed by atoms with E-state index in [-0.39, 0.29) is 36.2 Å². The van der Waals surface area contributed by atoms with Crippen LogP contribution in [0.2, 0.25) is 0 Å². The van der Waals surface area contributed by atoms with E-state index in [1.165, 1.54) is 12.1 Å². The van der Waals surface area contributed by atoms with E-state index >= 15 is 0 Å². The van der Waals surface area contributed by atoms with Crippen LogP contribution in [0.25, 0.3) is 0 Å². The van der Waals surface area contributed by atoms with Crippen LogP contribution in [0.1, 0.15) is 43.6 Å². The molecule has 0 aliphatic heterocycles. The third-order valence-electron chi connectivity index (χ3n) is 4.69. The lowest BCUT2D eigenvalue weighted by molar-refractivity contribution is 0.0492. The highest BCUT2D eigenvalue weighted by Crippen LogP contribution is 2.20. The molecule has 1 heterocycles. The molecule has 2 aromatic carbocycles. The summed E-state index contributed by atoms with van der Waals surface area (Å²) in [7, 11) is 0. The summed E-state index contributed by atoms with van der Waals surface area (Å²) in [5, 5.41) is 4.99. The van der Waals surface area contributed by atoms with Gasteiger partial charge in [0.2, 0.25) is 0 Å². The zero-order valence-corrected chi connectivity index (χ0v) is 21.0. The molecule has 37 heavy (non-hydrogen) atoms. The normalized spacial score (nSPS) is 11.8. The summed E-state index contributed by atoms with van der Waals surface area (Å²) in [5.41, 5.74) is -0.596. The first-order valence-corrected chi connectivity index (χ1v) is 11.5. The van der Waals surface area contributed by atoms with Crippen LogP contribution in [0.4, 0.5) is 14.9 Å². The Kier molecular flexibility index (Phi) is 8.83. The molecule has 1 atom stereocenters. The van der Waals surface area contributed by atoms with Gasteiger partial charge in [0.1, 0.15) is 24.5 Å². The van der Waals surface area contributed by atoms with Crippen molar-refractivity contribution >= 4 is 17.7 Å². The van der Waals surface area contributed by atoms with E-state index in [1.807, 2.05) is 30.3 Å². The molecule has 11 heteroatoms. The van der Waals surface area contributed by atoms with Crippen molar-refractivity contribution in [2.45, 2.75) is 45.9 Å². The Morgan fingerprint density at radius 1 is 1.11 bits per heavy atom. The lowest BCUT2D eigenvalue weighted by Crippen LogP contribution is -2.40. The Morgan fingerprint density at radius 2 is 1.84 bits per heavy atom. The number of benzene rings is 2. The number of hydrogen-bond acceptors (Lipinski definition) is 7.